The molecule has 0 aliphatic heterocycles. The Kier molecular flexibility index (Phi) is 2.61. The molecule has 2 nitrogen and oxygen atoms in total. The van der Waals surface area contributed by atoms with E-state index in [0.717, 1.165) is 25.0 Å². The number of hydrogen-bond acceptors (Lipinski definition) is 2. The van der Waals surface area contributed by atoms with Crippen LogP contribution < -0.4 is 5.73 Å². The average molecular weight is 245 g/mol. The monoisotopic (exact) mass is 245 g/mol. The standard InChI is InChI=1S/C12H14F3NO/c1-7(16)11(4-5-11)8-2-3-10(17)9(6-8)12(13,14)15/h2-3,6-7,17H,4-5,16H2,1H3. The summed E-state index contributed by atoms with van der Waals surface area (Å²) in [6.07, 6.45) is -2.94. The molecule has 3 N–H and O–H groups in total. The molecule has 1 unspecified atom stereocenters. The molecule has 0 heterocycles. The number of phenols is 1. The lowest BCUT2D eigenvalue weighted by Gasteiger charge is -2.21. The number of aromatic hydroxyl groups is 1. The number of rotatable bonds is 2. The maximum atomic E-state index is 12.6. The summed E-state index contributed by atoms with van der Waals surface area (Å²) in [6.45, 7) is 1.80. The largest absolute Gasteiger partial charge is 0.507 e. The molecule has 0 bridgehead atoms. The summed E-state index contributed by atoms with van der Waals surface area (Å²) in [5.41, 5.74) is 5.06. The molecule has 1 aromatic rings. The van der Waals surface area contributed by atoms with Crippen molar-refractivity contribution in [2.45, 2.75) is 37.4 Å². The quantitative estimate of drug-likeness (QED) is 0.841. The van der Waals surface area contributed by atoms with Crippen LogP contribution in [0.5, 0.6) is 5.75 Å². The highest BCUT2D eigenvalue weighted by Gasteiger charge is 2.48. The van der Waals surface area contributed by atoms with Gasteiger partial charge in [-0.2, -0.15) is 13.2 Å². The molecule has 0 saturated heterocycles. The summed E-state index contributed by atoms with van der Waals surface area (Å²) in [7, 11) is 0. The average Bonchev–Trinajstić information content (AvgIpc) is 2.97. The maximum Gasteiger partial charge on any atom is 0.419 e. The Balaban J connectivity index is 2.46. The minimum atomic E-state index is -4.53. The molecule has 94 valence electrons. The molecule has 0 amide bonds. The minimum absolute atomic E-state index is 0.187. The van der Waals surface area contributed by atoms with E-state index in [-0.39, 0.29) is 11.5 Å². The lowest BCUT2D eigenvalue weighted by Crippen LogP contribution is -2.31. The van der Waals surface area contributed by atoms with Gasteiger partial charge in [-0.05, 0) is 37.5 Å². The van der Waals surface area contributed by atoms with Gasteiger partial charge in [-0.1, -0.05) is 6.07 Å². The molecule has 17 heavy (non-hydrogen) atoms. The second-order valence-corrected chi connectivity index (χ2v) is 4.67. The number of hydrogen-bond donors (Lipinski definition) is 2. The van der Waals surface area contributed by atoms with Crippen molar-refractivity contribution < 1.29 is 18.3 Å². The lowest BCUT2D eigenvalue weighted by molar-refractivity contribution is -0.138. The van der Waals surface area contributed by atoms with Gasteiger partial charge in [0.25, 0.3) is 0 Å². The Labute approximate surface area is 97.2 Å². The van der Waals surface area contributed by atoms with E-state index in [1.807, 2.05) is 0 Å². The van der Waals surface area contributed by atoms with Crippen LogP contribution in [0.25, 0.3) is 0 Å². The van der Waals surface area contributed by atoms with Crippen LogP contribution in [0.2, 0.25) is 0 Å². The fraction of sp³-hybridized carbons (Fsp3) is 0.500. The first kappa shape index (κ1) is 12.2. The third-order valence-electron chi connectivity index (χ3n) is 3.54. The summed E-state index contributed by atoms with van der Waals surface area (Å²) in [5.74, 6) is -0.735. The number of nitrogens with two attached hydrogens (primary N) is 1. The summed E-state index contributed by atoms with van der Waals surface area (Å²) in [5, 5.41) is 9.24. The van der Waals surface area contributed by atoms with E-state index < -0.39 is 17.5 Å². The van der Waals surface area contributed by atoms with Gasteiger partial charge in [0.05, 0.1) is 5.56 Å². The molecule has 0 aromatic heterocycles. The van der Waals surface area contributed by atoms with Gasteiger partial charge >= 0.3 is 6.18 Å². The maximum absolute atomic E-state index is 12.6. The molecule has 1 aliphatic rings. The van der Waals surface area contributed by atoms with Crippen LogP contribution in [0.15, 0.2) is 18.2 Å². The van der Waals surface area contributed by atoms with E-state index in [0.29, 0.717) is 5.56 Å². The predicted molar refractivity (Wildman–Crippen MR) is 57.7 cm³/mol. The number of halogens is 3. The molecule has 1 aliphatic carbocycles. The van der Waals surface area contributed by atoms with Gasteiger partial charge in [0.15, 0.2) is 0 Å². The molecule has 1 atom stereocenters. The summed E-state index contributed by atoms with van der Waals surface area (Å²) >= 11 is 0. The van der Waals surface area contributed by atoms with Crippen LogP contribution in [0.3, 0.4) is 0 Å². The van der Waals surface area contributed by atoms with Crippen molar-refractivity contribution in [1.29, 1.82) is 0 Å². The van der Waals surface area contributed by atoms with Crippen molar-refractivity contribution in [2.24, 2.45) is 5.73 Å². The van der Waals surface area contributed by atoms with E-state index in [2.05, 4.69) is 0 Å². The zero-order chi connectivity index (χ0) is 12.8. The molecule has 2 rings (SSSR count). The highest BCUT2D eigenvalue weighted by molar-refractivity contribution is 5.44. The van der Waals surface area contributed by atoms with E-state index in [9.17, 15) is 18.3 Å². The molecule has 1 saturated carbocycles. The Morgan fingerprint density at radius 3 is 2.35 bits per heavy atom. The minimum Gasteiger partial charge on any atom is -0.507 e. The van der Waals surface area contributed by atoms with Gasteiger partial charge in [0, 0.05) is 11.5 Å². The van der Waals surface area contributed by atoms with Gasteiger partial charge in [-0.15, -0.1) is 0 Å². The van der Waals surface area contributed by atoms with E-state index in [1.165, 1.54) is 6.07 Å². The van der Waals surface area contributed by atoms with Crippen LogP contribution in [-0.2, 0) is 11.6 Å². The second kappa shape index (κ2) is 3.63. The van der Waals surface area contributed by atoms with Gasteiger partial charge < -0.3 is 10.8 Å². The van der Waals surface area contributed by atoms with E-state index in [1.54, 1.807) is 6.92 Å². The summed E-state index contributed by atoms with van der Waals surface area (Å²) < 4.78 is 37.9. The van der Waals surface area contributed by atoms with E-state index in [4.69, 9.17) is 5.73 Å². The first-order valence-electron chi connectivity index (χ1n) is 5.44. The van der Waals surface area contributed by atoms with Crippen molar-refractivity contribution >= 4 is 0 Å². The van der Waals surface area contributed by atoms with Crippen molar-refractivity contribution in [3.8, 4) is 5.75 Å². The van der Waals surface area contributed by atoms with Gasteiger partial charge in [-0.25, -0.2) is 0 Å². The van der Waals surface area contributed by atoms with Crippen LogP contribution in [0.4, 0.5) is 13.2 Å². The normalized spacial score (nSPS) is 20.1. The number of phenolic OH excluding ortho intramolecular Hbond substituents is 1. The van der Waals surface area contributed by atoms with Crippen LogP contribution >= 0.6 is 0 Å². The zero-order valence-electron chi connectivity index (χ0n) is 9.38. The molecule has 0 radical (unpaired) electrons. The fourth-order valence-corrected chi connectivity index (χ4v) is 2.21. The Bertz CT molecular complexity index is 436. The predicted octanol–water partition coefficient (Wildman–Crippen LogP) is 2.79. The smallest absolute Gasteiger partial charge is 0.419 e. The molecule has 1 aromatic carbocycles. The third kappa shape index (κ3) is 1.99. The Hall–Kier alpha value is -1.23. The zero-order valence-corrected chi connectivity index (χ0v) is 9.38. The summed E-state index contributed by atoms with van der Waals surface area (Å²) in [6, 6.07) is 3.46. The lowest BCUT2D eigenvalue weighted by atomic mass is 9.88. The highest BCUT2D eigenvalue weighted by Crippen LogP contribution is 2.51. The molecular formula is C12H14F3NO. The van der Waals surface area contributed by atoms with Crippen molar-refractivity contribution in [2.75, 3.05) is 0 Å². The van der Waals surface area contributed by atoms with Gasteiger partial charge in [0.2, 0.25) is 0 Å². The van der Waals surface area contributed by atoms with Gasteiger partial charge in [-0.3, -0.25) is 0 Å². The van der Waals surface area contributed by atoms with Gasteiger partial charge in [0.1, 0.15) is 5.75 Å². The topological polar surface area (TPSA) is 46.2 Å². The SMILES string of the molecule is CC(N)C1(c2ccc(O)c(C(F)(F)F)c2)CC1. The second-order valence-electron chi connectivity index (χ2n) is 4.67. The molecular weight excluding hydrogens is 231 g/mol. The van der Waals surface area contributed by atoms with Crippen LogP contribution in [0, 0.1) is 0 Å². The molecule has 5 heteroatoms. The summed E-state index contributed by atoms with van der Waals surface area (Å²) in [4.78, 5) is 0. The van der Waals surface area contributed by atoms with Crippen molar-refractivity contribution in [1.82, 2.24) is 0 Å². The van der Waals surface area contributed by atoms with Crippen molar-refractivity contribution in [3.05, 3.63) is 29.3 Å². The Morgan fingerprint density at radius 1 is 1.35 bits per heavy atom. The van der Waals surface area contributed by atoms with Crippen LogP contribution in [0.1, 0.15) is 30.9 Å². The van der Waals surface area contributed by atoms with Crippen molar-refractivity contribution in [3.63, 3.8) is 0 Å². The Morgan fingerprint density at radius 2 is 1.94 bits per heavy atom. The van der Waals surface area contributed by atoms with E-state index >= 15 is 0 Å². The first-order chi connectivity index (χ1) is 7.77. The number of benzene rings is 1. The fourth-order valence-electron chi connectivity index (χ4n) is 2.21. The first-order valence-corrected chi connectivity index (χ1v) is 5.44. The molecule has 1 fully saturated rings. The third-order valence-corrected chi connectivity index (χ3v) is 3.54. The highest BCUT2D eigenvalue weighted by atomic mass is 19.4. The number of alkyl halides is 3. The van der Waals surface area contributed by atoms with Crippen LogP contribution in [-0.4, -0.2) is 11.1 Å². The molecule has 0 spiro atoms.